The molecule has 2 aromatic heterocycles. The minimum Gasteiger partial charge on any atom is -0.438 e. The Morgan fingerprint density at radius 3 is 2.50 bits per heavy atom. The second-order valence-corrected chi connectivity index (χ2v) is 7.43. The van der Waals surface area contributed by atoms with Crippen LogP contribution in [0.25, 0.3) is 23.0 Å². The lowest BCUT2D eigenvalue weighted by Crippen LogP contribution is -2.40. The van der Waals surface area contributed by atoms with Gasteiger partial charge in [0.2, 0.25) is 10.9 Å². The third-order valence-electron chi connectivity index (χ3n) is 3.88. The standard InChI is InChI=1S/C16H14FN3O5S/c17-12-3-1-11(2-4-12)15-18-16(25-19-15)13-5-6-14(24-13)26(21,22)20-7-9-23-10-8-20/h1-6H,7-10H2. The first kappa shape index (κ1) is 16.9. The molecule has 0 amide bonds. The van der Waals surface area contributed by atoms with Gasteiger partial charge >= 0.3 is 0 Å². The van der Waals surface area contributed by atoms with Gasteiger partial charge in [0.1, 0.15) is 5.82 Å². The summed E-state index contributed by atoms with van der Waals surface area (Å²) in [6, 6.07) is 8.40. The summed E-state index contributed by atoms with van der Waals surface area (Å²) >= 11 is 0. The molecular weight excluding hydrogens is 365 g/mol. The van der Waals surface area contributed by atoms with Gasteiger partial charge in [-0.15, -0.1) is 0 Å². The average molecular weight is 379 g/mol. The molecule has 4 rings (SSSR count). The molecule has 1 aromatic carbocycles. The van der Waals surface area contributed by atoms with E-state index in [1.165, 1.54) is 40.7 Å². The van der Waals surface area contributed by atoms with Crippen LogP contribution in [0.2, 0.25) is 0 Å². The molecule has 1 aliphatic rings. The van der Waals surface area contributed by atoms with Crippen LogP contribution >= 0.6 is 0 Å². The molecule has 1 fully saturated rings. The van der Waals surface area contributed by atoms with Crippen molar-refractivity contribution in [2.24, 2.45) is 0 Å². The predicted octanol–water partition coefficient (Wildman–Crippen LogP) is 2.16. The molecule has 3 aromatic rings. The Hall–Kier alpha value is -2.56. The van der Waals surface area contributed by atoms with Crippen molar-refractivity contribution in [1.29, 1.82) is 0 Å². The number of sulfonamides is 1. The molecule has 1 saturated heterocycles. The number of hydrogen-bond acceptors (Lipinski definition) is 7. The lowest BCUT2D eigenvalue weighted by molar-refractivity contribution is 0.0724. The molecule has 0 bridgehead atoms. The molecule has 10 heteroatoms. The number of aromatic nitrogens is 2. The van der Waals surface area contributed by atoms with Crippen LogP contribution in [-0.2, 0) is 14.8 Å². The Bertz CT molecular complexity index is 1010. The van der Waals surface area contributed by atoms with Crippen LogP contribution in [0.5, 0.6) is 0 Å². The van der Waals surface area contributed by atoms with Gasteiger partial charge < -0.3 is 13.7 Å². The molecular formula is C16H14FN3O5S. The highest BCUT2D eigenvalue weighted by molar-refractivity contribution is 7.89. The summed E-state index contributed by atoms with van der Waals surface area (Å²) in [6.45, 7) is 1.23. The van der Waals surface area contributed by atoms with Crippen LogP contribution in [0.1, 0.15) is 0 Å². The van der Waals surface area contributed by atoms with Crippen molar-refractivity contribution >= 4 is 10.0 Å². The number of hydrogen-bond donors (Lipinski definition) is 0. The molecule has 136 valence electrons. The van der Waals surface area contributed by atoms with E-state index in [2.05, 4.69) is 10.1 Å². The number of morpholine rings is 1. The van der Waals surface area contributed by atoms with E-state index in [-0.39, 0.29) is 41.5 Å². The maximum atomic E-state index is 13.0. The fourth-order valence-corrected chi connectivity index (χ4v) is 3.85. The van der Waals surface area contributed by atoms with Gasteiger partial charge in [-0.2, -0.15) is 9.29 Å². The van der Waals surface area contributed by atoms with Gasteiger partial charge in [-0.05, 0) is 36.4 Å². The largest absolute Gasteiger partial charge is 0.438 e. The minimum absolute atomic E-state index is 0.0350. The number of ether oxygens (including phenoxy) is 1. The SMILES string of the molecule is O=S(=O)(c1ccc(-c2nc(-c3ccc(F)cc3)no2)o1)N1CCOCC1. The number of rotatable bonds is 4. The van der Waals surface area contributed by atoms with E-state index in [9.17, 15) is 12.8 Å². The molecule has 0 unspecified atom stereocenters. The van der Waals surface area contributed by atoms with Crippen molar-refractivity contribution in [1.82, 2.24) is 14.4 Å². The first-order chi connectivity index (χ1) is 12.5. The molecule has 26 heavy (non-hydrogen) atoms. The Labute approximate surface area is 148 Å². The summed E-state index contributed by atoms with van der Waals surface area (Å²) in [4.78, 5) is 4.17. The van der Waals surface area contributed by atoms with Gasteiger partial charge in [-0.25, -0.2) is 12.8 Å². The third kappa shape index (κ3) is 3.14. The summed E-state index contributed by atoms with van der Waals surface area (Å²) in [5.41, 5.74) is 0.564. The van der Waals surface area contributed by atoms with Gasteiger partial charge in [0.25, 0.3) is 15.9 Å². The third-order valence-corrected chi connectivity index (χ3v) is 5.66. The Balaban J connectivity index is 1.59. The highest BCUT2D eigenvalue weighted by Gasteiger charge is 2.30. The van der Waals surface area contributed by atoms with E-state index in [1.54, 1.807) is 0 Å². The lowest BCUT2D eigenvalue weighted by atomic mass is 10.2. The van der Waals surface area contributed by atoms with Crippen LogP contribution in [0.3, 0.4) is 0 Å². The summed E-state index contributed by atoms with van der Waals surface area (Å²) < 4.78 is 55.1. The summed E-state index contributed by atoms with van der Waals surface area (Å²) in [7, 11) is -3.74. The normalized spacial score (nSPS) is 16.0. The van der Waals surface area contributed by atoms with Crippen molar-refractivity contribution in [2.45, 2.75) is 5.09 Å². The van der Waals surface area contributed by atoms with Crippen molar-refractivity contribution in [2.75, 3.05) is 26.3 Å². The zero-order valence-corrected chi connectivity index (χ0v) is 14.3. The van der Waals surface area contributed by atoms with Gasteiger partial charge in [-0.1, -0.05) is 5.16 Å². The van der Waals surface area contributed by atoms with E-state index in [1.807, 2.05) is 0 Å². The van der Waals surface area contributed by atoms with E-state index in [0.29, 0.717) is 18.8 Å². The zero-order chi connectivity index (χ0) is 18.1. The summed E-state index contributed by atoms with van der Waals surface area (Å²) in [6.07, 6.45) is 0. The second kappa shape index (κ2) is 6.63. The van der Waals surface area contributed by atoms with Crippen LogP contribution in [0.15, 0.2) is 50.4 Å². The molecule has 1 aliphatic heterocycles. The number of furan rings is 1. The van der Waals surface area contributed by atoms with Crippen LogP contribution in [0, 0.1) is 5.82 Å². The molecule has 0 saturated carbocycles. The zero-order valence-electron chi connectivity index (χ0n) is 13.5. The van der Waals surface area contributed by atoms with Gasteiger partial charge in [0.05, 0.1) is 13.2 Å². The maximum absolute atomic E-state index is 13.0. The van der Waals surface area contributed by atoms with E-state index in [0.717, 1.165) is 0 Å². The Morgan fingerprint density at radius 2 is 1.77 bits per heavy atom. The van der Waals surface area contributed by atoms with Crippen molar-refractivity contribution < 1.29 is 26.5 Å². The first-order valence-electron chi connectivity index (χ1n) is 7.82. The topological polar surface area (TPSA) is 98.7 Å². The number of benzene rings is 1. The molecule has 8 nitrogen and oxygen atoms in total. The molecule has 0 aliphatic carbocycles. The van der Waals surface area contributed by atoms with Gasteiger partial charge in [0, 0.05) is 18.7 Å². The number of halogens is 1. The molecule has 0 radical (unpaired) electrons. The molecule has 0 atom stereocenters. The maximum Gasteiger partial charge on any atom is 0.293 e. The van der Waals surface area contributed by atoms with Crippen molar-refractivity contribution in [3.63, 3.8) is 0 Å². The van der Waals surface area contributed by atoms with Crippen LogP contribution < -0.4 is 0 Å². The van der Waals surface area contributed by atoms with E-state index < -0.39 is 10.0 Å². The fraction of sp³-hybridized carbons (Fsp3) is 0.250. The minimum atomic E-state index is -3.74. The fourth-order valence-electron chi connectivity index (χ4n) is 2.53. The number of nitrogens with zero attached hydrogens (tertiary/aromatic N) is 3. The monoisotopic (exact) mass is 379 g/mol. The molecule has 3 heterocycles. The summed E-state index contributed by atoms with van der Waals surface area (Å²) in [5.74, 6) is 0.0425. The highest BCUT2D eigenvalue weighted by atomic mass is 32.2. The first-order valence-corrected chi connectivity index (χ1v) is 9.26. The summed E-state index contributed by atoms with van der Waals surface area (Å²) in [5, 5.41) is 3.61. The van der Waals surface area contributed by atoms with Crippen LogP contribution in [-0.4, -0.2) is 49.2 Å². The molecule has 0 N–H and O–H groups in total. The highest BCUT2D eigenvalue weighted by Crippen LogP contribution is 2.27. The van der Waals surface area contributed by atoms with E-state index in [4.69, 9.17) is 13.7 Å². The van der Waals surface area contributed by atoms with Crippen molar-refractivity contribution in [3.05, 3.63) is 42.2 Å². The lowest BCUT2D eigenvalue weighted by Gasteiger charge is -2.24. The van der Waals surface area contributed by atoms with Gasteiger partial charge in [-0.3, -0.25) is 0 Å². The Morgan fingerprint density at radius 1 is 1.04 bits per heavy atom. The van der Waals surface area contributed by atoms with Crippen LogP contribution in [0.4, 0.5) is 4.39 Å². The van der Waals surface area contributed by atoms with E-state index >= 15 is 0 Å². The average Bonchev–Trinajstić information content (AvgIpc) is 3.33. The second-order valence-electron chi connectivity index (χ2n) is 5.57. The Kier molecular flexibility index (Phi) is 4.31. The molecule has 0 spiro atoms. The smallest absolute Gasteiger partial charge is 0.293 e. The quantitative estimate of drug-likeness (QED) is 0.685. The van der Waals surface area contributed by atoms with Gasteiger partial charge in [0.15, 0.2) is 5.76 Å². The predicted molar refractivity (Wildman–Crippen MR) is 87.0 cm³/mol. The van der Waals surface area contributed by atoms with Crippen molar-refractivity contribution in [3.8, 4) is 23.0 Å².